The Morgan fingerprint density at radius 1 is 1.26 bits per heavy atom. The number of para-hydroxylation sites is 1. The zero-order valence-electron chi connectivity index (χ0n) is 14.1. The Morgan fingerprint density at radius 3 is 2.63 bits per heavy atom. The number of hydrogen-bond acceptors (Lipinski definition) is 4. The minimum atomic E-state index is -3.37. The molecule has 2 aromatic heterocycles. The zero-order valence-corrected chi connectivity index (χ0v) is 15.6. The Labute approximate surface area is 162 Å². The Kier molecular flexibility index (Phi) is 5.38. The molecular weight excluding hydrogens is 396 g/mol. The highest BCUT2D eigenvalue weighted by Gasteiger charge is 2.32. The van der Waals surface area contributed by atoms with Gasteiger partial charge in [0.1, 0.15) is 11.4 Å². The number of Topliss-reactive ketones (excluding diaryl/α,β-unsaturated/α-hetero) is 1. The van der Waals surface area contributed by atoms with Crippen LogP contribution in [0.3, 0.4) is 0 Å². The summed E-state index contributed by atoms with van der Waals surface area (Å²) in [7, 11) is 0. The van der Waals surface area contributed by atoms with Crippen molar-refractivity contribution in [1.29, 1.82) is 0 Å². The number of halogens is 3. The molecule has 0 saturated carbocycles. The second-order valence-electron chi connectivity index (χ2n) is 5.82. The summed E-state index contributed by atoms with van der Waals surface area (Å²) in [6, 6.07) is 10.2. The summed E-state index contributed by atoms with van der Waals surface area (Å²) < 4.78 is 27.6. The van der Waals surface area contributed by atoms with E-state index in [4.69, 9.17) is 11.6 Å². The highest BCUT2D eigenvalue weighted by Crippen LogP contribution is 2.27. The van der Waals surface area contributed by atoms with Gasteiger partial charge in [-0.05, 0) is 17.5 Å². The first-order valence-corrected chi connectivity index (χ1v) is 9.11. The van der Waals surface area contributed by atoms with E-state index in [1.807, 2.05) is 0 Å². The number of rotatable bonds is 6. The molecule has 140 valence electrons. The Morgan fingerprint density at radius 2 is 2.00 bits per heavy atom. The van der Waals surface area contributed by atoms with Crippen molar-refractivity contribution in [2.75, 3.05) is 0 Å². The number of hydrogen-bond donors (Lipinski definition) is 2. The largest absolute Gasteiger partial charge is 0.349 e. The van der Waals surface area contributed by atoms with Gasteiger partial charge < -0.3 is 4.98 Å². The Hall–Kier alpha value is -2.58. The summed E-state index contributed by atoms with van der Waals surface area (Å²) in [4.78, 5) is 27.6. The van der Waals surface area contributed by atoms with E-state index in [0.717, 1.165) is 11.3 Å². The molecule has 0 fully saturated rings. The van der Waals surface area contributed by atoms with E-state index in [1.165, 1.54) is 0 Å². The van der Waals surface area contributed by atoms with Gasteiger partial charge in [0.25, 0.3) is 11.8 Å². The molecule has 27 heavy (non-hydrogen) atoms. The minimum absolute atomic E-state index is 0.00460. The van der Waals surface area contributed by atoms with Gasteiger partial charge in [0, 0.05) is 17.8 Å². The number of nitrogens with one attached hydrogen (secondary N) is 2. The summed E-state index contributed by atoms with van der Waals surface area (Å²) in [5.41, 5.74) is 1.96. The van der Waals surface area contributed by atoms with Crippen molar-refractivity contribution in [3.8, 4) is 0 Å². The highest BCUT2D eigenvalue weighted by atomic mass is 35.5. The molecule has 0 aliphatic rings. The van der Waals surface area contributed by atoms with Gasteiger partial charge in [-0.2, -0.15) is 5.10 Å². The number of hydrazone groups is 1. The van der Waals surface area contributed by atoms with Gasteiger partial charge in [-0.15, -0.1) is 11.3 Å². The number of benzene rings is 1. The molecule has 2 heterocycles. The van der Waals surface area contributed by atoms with Gasteiger partial charge >= 0.3 is 0 Å². The van der Waals surface area contributed by atoms with Crippen LogP contribution in [0, 0.1) is 0 Å². The summed E-state index contributed by atoms with van der Waals surface area (Å²) in [5, 5.41) is 5.97. The topological polar surface area (TPSA) is 74.3 Å². The fraction of sp³-hybridized carbons (Fsp3) is 0.167. The number of aromatic nitrogens is 1. The smallest absolute Gasteiger partial charge is 0.289 e. The first-order chi connectivity index (χ1) is 12.8. The summed E-state index contributed by atoms with van der Waals surface area (Å²) in [6.07, 6.45) is -0.606. The van der Waals surface area contributed by atoms with E-state index < -0.39 is 29.7 Å². The molecular formula is C18H14ClF2N3O2S. The van der Waals surface area contributed by atoms with Crippen LogP contribution in [0.25, 0.3) is 10.9 Å². The fourth-order valence-corrected chi connectivity index (χ4v) is 3.37. The first-order valence-electron chi connectivity index (χ1n) is 7.85. The molecule has 2 N–H and O–H groups in total. The van der Waals surface area contributed by atoms with Crippen molar-refractivity contribution in [1.82, 2.24) is 10.4 Å². The third-order valence-electron chi connectivity index (χ3n) is 3.79. The Bertz CT molecular complexity index is 1020. The monoisotopic (exact) mass is 409 g/mol. The summed E-state index contributed by atoms with van der Waals surface area (Å²) >= 11 is 7.32. The number of thiophene rings is 1. The Balaban J connectivity index is 1.82. The predicted molar refractivity (Wildman–Crippen MR) is 102 cm³/mol. The maximum atomic E-state index is 13.8. The summed E-state index contributed by atoms with van der Waals surface area (Å²) in [5.74, 6) is -4.64. The van der Waals surface area contributed by atoms with Crippen LogP contribution in [0.5, 0.6) is 0 Å². The van der Waals surface area contributed by atoms with Gasteiger partial charge in [-0.1, -0.05) is 35.9 Å². The molecule has 1 aromatic carbocycles. The lowest BCUT2D eigenvalue weighted by Gasteiger charge is -2.13. The van der Waals surface area contributed by atoms with Gasteiger partial charge in [-0.3, -0.25) is 9.59 Å². The van der Waals surface area contributed by atoms with Crippen LogP contribution in [-0.2, 0) is 0 Å². The summed E-state index contributed by atoms with van der Waals surface area (Å²) in [6.45, 7) is 0.621. The molecule has 0 unspecified atom stereocenters. The normalized spacial score (nSPS) is 12.4. The van der Waals surface area contributed by atoms with Crippen molar-refractivity contribution < 1.29 is 18.4 Å². The molecule has 3 aromatic rings. The predicted octanol–water partition coefficient (Wildman–Crippen LogP) is 4.90. The number of alkyl halides is 2. The number of H-pyrrole nitrogens is 1. The molecule has 0 aliphatic heterocycles. The molecule has 5 nitrogen and oxygen atoms in total. The molecule has 0 aliphatic carbocycles. The van der Waals surface area contributed by atoms with E-state index in [0.29, 0.717) is 22.7 Å². The molecule has 9 heteroatoms. The van der Waals surface area contributed by atoms with Crippen LogP contribution in [0.15, 0.2) is 46.9 Å². The molecule has 0 spiro atoms. The minimum Gasteiger partial charge on any atom is -0.349 e. The van der Waals surface area contributed by atoms with Crippen molar-refractivity contribution in [2.24, 2.45) is 5.10 Å². The lowest BCUT2D eigenvalue weighted by molar-refractivity contribution is 0.0879. The molecule has 3 rings (SSSR count). The van der Waals surface area contributed by atoms with Crippen LogP contribution < -0.4 is 5.43 Å². The molecule has 0 radical (unpaired) electrons. The van der Waals surface area contributed by atoms with Gasteiger partial charge in [0.05, 0.1) is 16.3 Å². The third-order valence-corrected chi connectivity index (χ3v) is 5.10. The molecule has 0 atom stereocenters. The van der Waals surface area contributed by atoms with E-state index in [9.17, 15) is 18.4 Å². The zero-order chi connectivity index (χ0) is 19.6. The second kappa shape index (κ2) is 7.58. The van der Waals surface area contributed by atoms with Crippen molar-refractivity contribution in [3.63, 3.8) is 0 Å². The number of ketones is 1. The lowest BCUT2D eigenvalue weighted by atomic mass is 10.1. The first kappa shape index (κ1) is 19.2. The number of carbonyl (C=O) groups excluding carboxylic acids is 2. The lowest BCUT2D eigenvalue weighted by Crippen LogP contribution is -2.31. The standard InChI is InChI=1S/C18H14ClF2N3O2S/c1-18(20,21)14(9-12(25)13-7-4-8-27-13)23-24-17(26)16-15(19)10-5-2-3-6-11(10)22-16/h2-8,22H,9H2,1H3,(H,24,26)/b23-14-. The van der Waals surface area contributed by atoms with E-state index in [-0.39, 0.29) is 10.7 Å². The molecule has 0 saturated heterocycles. The van der Waals surface area contributed by atoms with E-state index in [1.54, 1.807) is 41.8 Å². The fourth-order valence-electron chi connectivity index (χ4n) is 2.41. The number of aromatic amines is 1. The van der Waals surface area contributed by atoms with Crippen LogP contribution >= 0.6 is 22.9 Å². The SMILES string of the molecule is CC(F)(F)/C(CC(=O)c1cccs1)=N\NC(=O)c1[nH]c2ccccc2c1Cl. The van der Waals surface area contributed by atoms with Gasteiger partial charge in [0.15, 0.2) is 5.78 Å². The van der Waals surface area contributed by atoms with Crippen molar-refractivity contribution >= 4 is 51.2 Å². The second-order valence-corrected chi connectivity index (χ2v) is 7.15. The average molecular weight is 410 g/mol. The van der Waals surface area contributed by atoms with E-state index in [2.05, 4.69) is 15.5 Å². The van der Waals surface area contributed by atoms with Crippen LogP contribution in [0.2, 0.25) is 5.02 Å². The number of carbonyl (C=O) groups is 2. The van der Waals surface area contributed by atoms with E-state index >= 15 is 0 Å². The quantitative estimate of drug-likeness (QED) is 0.345. The van der Waals surface area contributed by atoms with Crippen molar-refractivity contribution in [3.05, 3.63) is 57.4 Å². The average Bonchev–Trinajstić information content (AvgIpc) is 3.26. The van der Waals surface area contributed by atoms with Crippen LogP contribution in [-0.4, -0.2) is 28.3 Å². The maximum Gasteiger partial charge on any atom is 0.289 e. The maximum absolute atomic E-state index is 13.8. The van der Waals surface area contributed by atoms with Gasteiger partial charge in [0.2, 0.25) is 0 Å². The third kappa shape index (κ3) is 4.23. The van der Waals surface area contributed by atoms with Crippen LogP contribution in [0.4, 0.5) is 8.78 Å². The number of nitrogens with zero attached hydrogens (tertiary/aromatic N) is 1. The molecule has 0 bridgehead atoms. The van der Waals surface area contributed by atoms with Gasteiger partial charge in [-0.25, -0.2) is 14.2 Å². The number of amides is 1. The van der Waals surface area contributed by atoms with Crippen molar-refractivity contribution in [2.45, 2.75) is 19.3 Å². The number of fused-ring (bicyclic) bond motifs is 1. The highest BCUT2D eigenvalue weighted by molar-refractivity contribution is 7.12. The molecule has 1 amide bonds. The van der Waals surface area contributed by atoms with Crippen LogP contribution in [0.1, 0.15) is 33.5 Å².